The van der Waals surface area contributed by atoms with Gasteiger partial charge in [0.05, 0.1) is 5.92 Å². The maximum absolute atomic E-state index is 12.6. The van der Waals surface area contributed by atoms with E-state index < -0.39 is 0 Å². The molecule has 2 aliphatic rings. The molecule has 0 saturated heterocycles. The van der Waals surface area contributed by atoms with Crippen LogP contribution < -0.4 is 5.32 Å². The molecular weight excluding hydrogens is 326 g/mol. The fraction of sp³-hybridized carbons (Fsp3) is 0.611. The van der Waals surface area contributed by atoms with Gasteiger partial charge in [0.2, 0.25) is 5.91 Å². The van der Waals surface area contributed by atoms with E-state index in [1.165, 1.54) is 36.8 Å². The molecule has 21 heavy (non-hydrogen) atoms. The highest BCUT2D eigenvalue weighted by atomic mass is 79.9. The van der Waals surface area contributed by atoms with E-state index in [0.717, 1.165) is 31.1 Å². The molecule has 1 atom stereocenters. The summed E-state index contributed by atoms with van der Waals surface area (Å²) in [4.78, 5) is 12.6. The summed E-state index contributed by atoms with van der Waals surface area (Å²) in [5, 5.41) is 4.26. The van der Waals surface area contributed by atoms with Crippen LogP contribution in [-0.2, 0) is 11.2 Å². The molecule has 2 nitrogen and oxygen atoms in total. The second-order valence-corrected chi connectivity index (χ2v) is 7.26. The minimum absolute atomic E-state index is 0.0590. The van der Waals surface area contributed by atoms with Gasteiger partial charge in [0, 0.05) is 11.9 Å². The number of aryl methyl sites for hydroxylation is 1. The van der Waals surface area contributed by atoms with Gasteiger partial charge in [-0.3, -0.25) is 4.79 Å². The van der Waals surface area contributed by atoms with Crippen molar-refractivity contribution in [1.29, 1.82) is 0 Å². The van der Waals surface area contributed by atoms with E-state index in [0.29, 0.717) is 5.41 Å². The lowest BCUT2D eigenvalue weighted by molar-refractivity contribution is -0.123. The first kappa shape index (κ1) is 15.1. The Morgan fingerprint density at radius 1 is 1.24 bits per heavy atom. The maximum atomic E-state index is 12.6. The van der Waals surface area contributed by atoms with Crippen LogP contribution in [0.25, 0.3) is 0 Å². The normalized spacial score (nSPS) is 23.6. The van der Waals surface area contributed by atoms with E-state index in [1.54, 1.807) is 0 Å². The second-order valence-electron chi connectivity index (χ2n) is 6.70. The Kier molecular flexibility index (Phi) is 4.68. The van der Waals surface area contributed by atoms with Gasteiger partial charge in [0.25, 0.3) is 0 Å². The minimum Gasteiger partial charge on any atom is -0.355 e. The number of rotatable bonds is 4. The fourth-order valence-corrected chi connectivity index (χ4v) is 4.67. The molecule has 1 aromatic rings. The molecule has 0 radical (unpaired) electrons. The Balaban J connectivity index is 1.66. The molecule has 1 amide bonds. The van der Waals surface area contributed by atoms with Gasteiger partial charge in [-0.15, -0.1) is 0 Å². The van der Waals surface area contributed by atoms with Gasteiger partial charge < -0.3 is 5.32 Å². The largest absolute Gasteiger partial charge is 0.355 e. The van der Waals surface area contributed by atoms with Gasteiger partial charge in [-0.1, -0.05) is 53.0 Å². The van der Waals surface area contributed by atoms with E-state index in [4.69, 9.17) is 0 Å². The number of carbonyl (C=O) groups is 1. The molecule has 0 aliphatic heterocycles. The number of halogens is 1. The molecule has 0 heterocycles. The molecule has 0 bridgehead atoms. The highest BCUT2D eigenvalue weighted by molar-refractivity contribution is 9.09. The van der Waals surface area contributed by atoms with Crippen LogP contribution in [0.4, 0.5) is 0 Å². The van der Waals surface area contributed by atoms with Gasteiger partial charge in [0.15, 0.2) is 0 Å². The van der Waals surface area contributed by atoms with E-state index in [-0.39, 0.29) is 11.8 Å². The Morgan fingerprint density at radius 3 is 2.76 bits per heavy atom. The fourth-order valence-electron chi connectivity index (χ4n) is 3.91. The molecule has 1 aromatic carbocycles. The third kappa shape index (κ3) is 3.18. The summed E-state index contributed by atoms with van der Waals surface area (Å²) in [6, 6.07) is 8.44. The second kappa shape index (κ2) is 6.51. The molecular formula is C18H24BrNO. The molecule has 1 fully saturated rings. The van der Waals surface area contributed by atoms with Crippen molar-refractivity contribution < 1.29 is 4.79 Å². The molecule has 0 spiro atoms. The van der Waals surface area contributed by atoms with Crippen molar-refractivity contribution in [2.45, 2.75) is 50.9 Å². The number of fused-ring (bicyclic) bond motifs is 1. The van der Waals surface area contributed by atoms with E-state index >= 15 is 0 Å². The monoisotopic (exact) mass is 349 g/mol. The topological polar surface area (TPSA) is 29.1 Å². The van der Waals surface area contributed by atoms with E-state index in [1.807, 2.05) is 0 Å². The van der Waals surface area contributed by atoms with E-state index in [9.17, 15) is 4.79 Å². The quantitative estimate of drug-likeness (QED) is 0.811. The zero-order chi connectivity index (χ0) is 14.7. The lowest BCUT2D eigenvalue weighted by Gasteiger charge is -2.29. The predicted octanol–water partition coefficient (Wildman–Crippen LogP) is 4.18. The van der Waals surface area contributed by atoms with Crippen LogP contribution in [-0.4, -0.2) is 17.8 Å². The number of hydrogen-bond donors (Lipinski definition) is 1. The van der Waals surface area contributed by atoms with Crippen molar-refractivity contribution in [3.05, 3.63) is 35.4 Å². The number of alkyl halides is 1. The number of benzene rings is 1. The van der Waals surface area contributed by atoms with Crippen molar-refractivity contribution in [2.24, 2.45) is 5.41 Å². The standard InChI is InChI=1S/C18H24BrNO/c19-12-18(10-3-4-11-18)13-20-17(21)16-9-5-7-14-6-1-2-8-15(14)16/h1-2,6,8,16H,3-5,7,9-13H2,(H,20,21). The highest BCUT2D eigenvalue weighted by Gasteiger charge is 2.34. The first-order valence-electron chi connectivity index (χ1n) is 8.16. The van der Waals surface area contributed by atoms with Gasteiger partial charge in [-0.05, 0) is 48.6 Å². The molecule has 1 N–H and O–H groups in total. The van der Waals surface area contributed by atoms with Gasteiger partial charge in [0.1, 0.15) is 0 Å². The average Bonchev–Trinajstić information content (AvgIpc) is 3.01. The smallest absolute Gasteiger partial charge is 0.227 e. The van der Waals surface area contributed by atoms with Crippen LogP contribution in [0.3, 0.4) is 0 Å². The molecule has 2 aliphatic carbocycles. The SMILES string of the molecule is O=C(NCC1(CBr)CCCC1)C1CCCc2ccccc21. The number of nitrogens with one attached hydrogen (secondary N) is 1. The van der Waals surface area contributed by atoms with Crippen molar-refractivity contribution in [1.82, 2.24) is 5.32 Å². The Bertz CT molecular complexity index is 508. The highest BCUT2D eigenvalue weighted by Crippen LogP contribution is 2.39. The van der Waals surface area contributed by atoms with Crippen LogP contribution in [0.15, 0.2) is 24.3 Å². The molecule has 1 saturated carbocycles. The first-order chi connectivity index (χ1) is 10.2. The zero-order valence-electron chi connectivity index (χ0n) is 12.5. The van der Waals surface area contributed by atoms with Crippen LogP contribution in [0.2, 0.25) is 0 Å². The lowest BCUT2D eigenvalue weighted by Crippen LogP contribution is -2.40. The predicted molar refractivity (Wildman–Crippen MR) is 89.8 cm³/mol. The van der Waals surface area contributed by atoms with Crippen LogP contribution in [0.1, 0.15) is 55.6 Å². The average molecular weight is 350 g/mol. The summed E-state index contributed by atoms with van der Waals surface area (Å²) in [5.74, 6) is 0.290. The van der Waals surface area contributed by atoms with E-state index in [2.05, 4.69) is 45.5 Å². The maximum Gasteiger partial charge on any atom is 0.227 e. The number of amides is 1. The summed E-state index contributed by atoms with van der Waals surface area (Å²) in [7, 11) is 0. The third-order valence-corrected chi connectivity index (χ3v) is 6.46. The zero-order valence-corrected chi connectivity index (χ0v) is 14.1. The van der Waals surface area contributed by atoms with Crippen molar-refractivity contribution >= 4 is 21.8 Å². The Labute approximate surface area is 135 Å². The first-order valence-corrected chi connectivity index (χ1v) is 9.28. The summed E-state index contributed by atoms with van der Waals surface area (Å²) >= 11 is 3.65. The molecule has 3 rings (SSSR count). The van der Waals surface area contributed by atoms with Gasteiger partial charge in [-0.2, -0.15) is 0 Å². The van der Waals surface area contributed by atoms with Gasteiger partial charge in [-0.25, -0.2) is 0 Å². The van der Waals surface area contributed by atoms with Crippen LogP contribution >= 0.6 is 15.9 Å². The van der Waals surface area contributed by atoms with Crippen molar-refractivity contribution in [3.8, 4) is 0 Å². The van der Waals surface area contributed by atoms with Crippen LogP contribution in [0, 0.1) is 5.41 Å². The summed E-state index contributed by atoms with van der Waals surface area (Å²) in [6.07, 6.45) is 8.30. The number of hydrogen-bond acceptors (Lipinski definition) is 1. The Morgan fingerprint density at radius 2 is 2.00 bits per heavy atom. The molecule has 1 unspecified atom stereocenters. The van der Waals surface area contributed by atoms with Gasteiger partial charge >= 0.3 is 0 Å². The van der Waals surface area contributed by atoms with Crippen LogP contribution in [0.5, 0.6) is 0 Å². The minimum atomic E-state index is 0.0590. The molecule has 114 valence electrons. The summed E-state index contributed by atoms with van der Waals surface area (Å²) < 4.78 is 0. The number of carbonyl (C=O) groups excluding carboxylic acids is 1. The Hall–Kier alpha value is -0.830. The molecule has 3 heteroatoms. The van der Waals surface area contributed by atoms with Crippen molar-refractivity contribution in [3.63, 3.8) is 0 Å². The summed E-state index contributed by atoms with van der Waals surface area (Å²) in [6.45, 7) is 0.829. The van der Waals surface area contributed by atoms with Crippen molar-refractivity contribution in [2.75, 3.05) is 11.9 Å². The summed E-state index contributed by atoms with van der Waals surface area (Å²) in [5.41, 5.74) is 2.91. The lowest BCUT2D eigenvalue weighted by atomic mass is 9.82. The molecule has 0 aromatic heterocycles. The third-order valence-electron chi connectivity index (χ3n) is 5.27.